The molecular weight excluding hydrogens is 474 g/mol. The smallest absolute Gasteiger partial charge is 0.396 e. The summed E-state index contributed by atoms with van der Waals surface area (Å²) in [4.78, 5) is 21.0. The summed E-state index contributed by atoms with van der Waals surface area (Å²) in [6.07, 6.45) is 0.136. The van der Waals surface area contributed by atoms with Crippen LogP contribution in [0.25, 0.3) is 22.6 Å². The molecule has 4 aromatic rings. The van der Waals surface area contributed by atoms with E-state index < -0.39 is 17.6 Å². The molecule has 0 radical (unpaired) electrons. The third-order valence-electron chi connectivity index (χ3n) is 5.94. The first-order valence-corrected chi connectivity index (χ1v) is 11.2. The number of alkyl halides is 3. The predicted molar refractivity (Wildman–Crippen MR) is 129 cm³/mol. The number of halogens is 4. The van der Waals surface area contributed by atoms with Crippen molar-refractivity contribution in [2.75, 3.05) is 41.7 Å². The van der Waals surface area contributed by atoms with Gasteiger partial charge in [-0.2, -0.15) is 13.2 Å². The molecule has 1 fully saturated rings. The Balaban J connectivity index is 1.46. The SMILES string of the molecule is Nc1cc(-c2cc(N3CCN(c4ncccc4C(F)(F)F)CC3)nc(-c3ccncc3)n2)ccc1F. The Labute approximate surface area is 204 Å². The first-order valence-electron chi connectivity index (χ1n) is 11.2. The van der Waals surface area contributed by atoms with Gasteiger partial charge in [-0.3, -0.25) is 4.98 Å². The number of aromatic nitrogens is 4. The molecule has 0 aliphatic carbocycles. The Morgan fingerprint density at radius 3 is 2.22 bits per heavy atom. The molecule has 0 unspecified atom stereocenters. The van der Waals surface area contributed by atoms with E-state index in [9.17, 15) is 17.6 Å². The van der Waals surface area contributed by atoms with Crippen LogP contribution in [0.5, 0.6) is 0 Å². The quantitative estimate of drug-likeness (QED) is 0.325. The number of nitrogens with zero attached hydrogens (tertiary/aromatic N) is 6. The van der Waals surface area contributed by atoms with Crippen LogP contribution >= 0.6 is 0 Å². The number of rotatable bonds is 4. The second kappa shape index (κ2) is 9.40. The van der Waals surface area contributed by atoms with E-state index in [0.717, 1.165) is 11.6 Å². The summed E-state index contributed by atoms with van der Waals surface area (Å²) in [6, 6.07) is 12.0. The Hall–Kier alpha value is -4.28. The van der Waals surface area contributed by atoms with Crippen LogP contribution in [0.3, 0.4) is 0 Å². The molecule has 1 aromatic carbocycles. The van der Waals surface area contributed by atoms with Crippen molar-refractivity contribution < 1.29 is 17.6 Å². The highest BCUT2D eigenvalue weighted by atomic mass is 19.4. The van der Waals surface area contributed by atoms with Crippen LogP contribution < -0.4 is 15.5 Å². The normalized spacial score (nSPS) is 14.2. The highest BCUT2D eigenvalue weighted by molar-refractivity contribution is 5.70. The molecule has 1 saturated heterocycles. The molecule has 3 aromatic heterocycles. The summed E-state index contributed by atoms with van der Waals surface area (Å²) in [6.45, 7) is 1.50. The predicted octanol–water partition coefficient (Wildman–Crippen LogP) is 4.67. The number of nitrogens with two attached hydrogens (primary N) is 1. The number of nitrogen functional groups attached to an aromatic ring is 1. The lowest BCUT2D eigenvalue weighted by atomic mass is 10.1. The zero-order valence-electron chi connectivity index (χ0n) is 19.0. The van der Waals surface area contributed by atoms with Gasteiger partial charge < -0.3 is 15.5 Å². The lowest BCUT2D eigenvalue weighted by Crippen LogP contribution is -2.47. The molecule has 11 heteroatoms. The first kappa shape index (κ1) is 23.5. The minimum Gasteiger partial charge on any atom is -0.396 e. The van der Waals surface area contributed by atoms with Crippen LogP contribution in [0.1, 0.15) is 5.56 Å². The number of hydrogen-bond donors (Lipinski definition) is 1. The second-order valence-electron chi connectivity index (χ2n) is 8.25. The lowest BCUT2D eigenvalue weighted by molar-refractivity contribution is -0.137. The monoisotopic (exact) mass is 495 g/mol. The zero-order valence-corrected chi connectivity index (χ0v) is 19.0. The van der Waals surface area contributed by atoms with E-state index >= 15 is 0 Å². The van der Waals surface area contributed by atoms with Crippen molar-refractivity contribution in [1.29, 1.82) is 0 Å². The van der Waals surface area contributed by atoms with Crippen molar-refractivity contribution in [3.8, 4) is 22.6 Å². The van der Waals surface area contributed by atoms with Gasteiger partial charge in [-0.15, -0.1) is 0 Å². The maximum absolute atomic E-state index is 13.8. The van der Waals surface area contributed by atoms with Crippen molar-refractivity contribution in [2.24, 2.45) is 0 Å². The van der Waals surface area contributed by atoms with Crippen molar-refractivity contribution in [1.82, 2.24) is 19.9 Å². The fraction of sp³-hybridized carbons (Fsp3) is 0.200. The molecule has 0 amide bonds. The van der Waals surface area contributed by atoms with Crippen molar-refractivity contribution in [3.05, 3.63) is 78.5 Å². The molecule has 0 spiro atoms. The third kappa shape index (κ3) is 4.77. The van der Waals surface area contributed by atoms with Gasteiger partial charge in [0.2, 0.25) is 0 Å². The lowest BCUT2D eigenvalue weighted by Gasteiger charge is -2.37. The summed E-state index contributed by atoms with van der Waals surface area (Å²) < 4.78 is 54.2. The van der Waals surface area contributed by atoms with Gasteiger partial charge in [0.25, 0.3) is 0 Å². The Bertz CT molecular complexity index is 1370. The topological polar surface area (TPSA) is 84.1 Å². The minimum absolute atomic E-state index is 0.00238. The second-order valence-corrected chi connectivity index (χ2v) is 8.25. The average molecular weight is 495 g/mol. The van der Waals surface area contributed by atoms with Crippen LogP contribution in [-0.4, -0.2) is 46.1 Å². The zero-order chi connectivity index (χ0) is 25.3. The molecule has 2 N–H and O–H groups in total. The molecule has 0 atom stereocenters. The molecule has 1 aliphatic heterocycles. The third-order valence-corrected chi connectivity index (χ3v) is 5.94. The van der Waals surface area contributed by atoms with Gasteiger partial charge in [-0.25, -0.2) is 19.3 Å². The standard InChI is InChI=1S/C25H21F4N7/c26-19-4-3-17(14-20(19)30)21-15-22(34-23(33-21)16-5-8-31-9-6-16)35-10-12-36(13-11-35)24-18(25(27,28)29)2-1-7-32-24/h1-9,14-15H,10-13,30H2. The van der Waals surface area contributed by atoms with E-state index in [1.165, 1.54) is 24.4 Å². The van der Waals surface area contributed by atoms with E-state index in [2.05, 4.69) is 15.0 Å². The van der Waals surface area contributed by atoms with E-state index in [4.69, 9.17) is 10.7 Å². The van der Waals surface area contributed by atoms with Gasteiger partial charge >= 0.3 is 6.18 Å². The summed E-state index contributed by atoms with van der Waals surface area (Å²) in [7, 11) is 0. The molecule has 4 heterocycles. The molecule has 36 heavy (non-hydrogen) atoms. The number of piperazine rings is 1. The highest BCUT2D eigenvalue weighted by Gasteiger charge is 2.36. The Morgan fingerprint density at radius 2 is 1.53 bits per heavy atom. The van der Waals surface area contributed by atoms with Gasteiger partial charge in [-0.1, -0.05) is 0 Å². The summed E-state index contributed by atoms with van der Waals surface area (Å²) in [5.74, 6) is 0.448. The van der Waals surface area contributed by atoms with E-state index in [0.29, 0.717) is 49.1 Å². The molecule has 5 rings (SSSR count). The van der Waals surface area contributed by atoms with Crippen LogP contribution in [0.2, 0.25) is 0 Å². The largest absolute Gasteiger partial charge is 0.419 e. The molecular formula is C25H21F4N7. The number of benzene rings is 1. The molecule has 7 nitrogen and oxygen atoms in total. The molecule has 0 saturated carbocycles. The van der Waals surface area contributed by atoms with Crippen molar-refractivity contribution in [3.63, 3.8) is 0 Å². The molecule has 1 aliphatic rings. The minimum atomic E-state index is -4.49. The number of pyridine rings is 2. The van der Waals surface area contributed by atoms with Gasteiger partial charge in [0.1, 0.15) is 17.5 Å². The van der Waals surface area contributed by atoms with E-state index in [-0.39, 0.29) is 11.5 Å². The van der Waals surface area contributed by atoms with Gasteiger partial charge in [0.05, 0.1) is 16.9 Å². The van der Waals surface area contributed by atoms with E-state index in [1.807, 2.05) is 4.90 Å². The number of hydrogen-bond acceptors (Lipinski definition) is 7. The van der Waals surface area contributed by atoms with Gasteiger partial charge in [0.15, 0.2) is 5.82 Å². The van der Waals surface area contributed by atoms with Crippen molar-refractivity contribution >= 4 is 17.3 Å². The summed E-state index contributed by atoms with van der Waals surface area (Å²) in [5, 5.41) is 0. The van der Waals surface area contributed by atoms with Crippen LogP contribution in [0.4, 0.5) is 34.9 Å². The fourth-order valence-corrected chi connectivity index (χ4v) is 4.10. The maximum Gasteiger partial charge on any atom is 0.419 e. The van der Waals surface area contributed by atoms with Gasteiger partial charge in [-0.05, 0) is 42.5 Å². The molecule has 0 bridgehead atoms. The van der Waals surface area contributed by atoms with Crippen LogP contribution in [-0.2, 0) is 6.18 Å². The maximum atomic E-state index is 13.8. The van der Waals surface area contributed by atoms with Crippen LogP contribution in [0, 0.1) is 5.82 Å². The molecule has 184 valence electrons. The summed E-state index contributed by atoms with van der Waals surface area (Å²) >= 11 is 0. The first-order chi connectivity index (χ1) is 17.3. The fourth-order valence-electron chi connectivity index (χ4n) is 4.10. The van der Waals surface area contributed by atoms with Crippen molar-refractivity contribution in [2.45, 2.75) is 6.18 Å². The number of anilines is 3. The van der Waals surface area contributed by atoms with Crippen LogP contribution in [0.15, 0.2) is 67.1 Å². The average Bonchev–Trinajstić information content (AvgIpc) is 2.90. The summed E-state index contributed by atoms with van der Waals surface area (Å²) in [5.41, 5.74) is 6.93. The van der Waals surface area contributed by atoms with Gasteiger partial charge in [0, 0.05) is 62.0 Å². The highest BCUT2D eigenvalue weighted by Crippen LogP contribution is 2.36. The Morgan fingerprint density at radius 1 is 0.806 bits per heavy atom. The Kier molecular flexibility index (Phi) is 6.13. The van der Waals surface area contributed by atoms with E-state index in [1.54, 1.807) is 41.6 Å².